The van der Waals surface area contributed by atoms with Crippen LogP contribution in [0.2, 0.25) is 0 Å². The molecule has 1 aliphatic rings. The summed E-state index contributed by atoms with van der Waals surface area (Å²) in [4.78, 5) is 11.2. The van der Waals surface area contributed by atoms with Crippen LogP contribution in [0.15, 0.2) is 0 Å². The van der Waals surface area contributed by atoms with Gasteiger partial charge < -0.3 is 10.9 Å². The van der Waals surface area contributed by atoms with E-state index in [1.807, 2.05) is 6.92 Å². The van der Waals surface area contributed by atoms with Crippen LogP contribution in [0.1, 0.15) is 39.0 Å². The van der Waals surface area contributed by atoms with Gasteiger partial charge in [-0.15, -0.1) is 12.4 Å². The molecule has 4 heteroatoms. The first-order chi connectivity index (χ1) is 5.34. The Labute approximate surface area is 86.2 Å². The molecule has 13 heavy (non-hydrogen) atoms. The van der Waals surface area contributed by atoms with Crippen LogP contribution in [-0.2, 0) is 9.53 Å². The monoisotopic (exact) mass is 209 g/mol. The molecule has 1 fully saturated rings. The molecule has 0 atom stereocenters. The lowest BCUT2D eigenvalue weighted by Crippen LogP contribution is -2.20. The van der Waals surface area contributed by atoms with Crippen molar-refractivity contribution >= 4 is 18.4 Å². The molecule has 0 bridgehead atoms. The van der Waals surface area contributed by atoms with Gasteiger partial charge in [0.1, 0.15) is 0 Å². The molecule has 0 saturated heterocycles. The maximum Gasteiger partial charge on any atom is 0.308 e. The predicted octanol–water partition coefficient (Wildman–Crippen LogP) is 2.71. The zero-order valence-electron chi connectivity index (χ0n) is 8.25. The fourth-order valence-electron chi connectivity index (χ4n) is 1.60. The Hall–Kier alpha value is -0.280. The summed E-state index contributed by atoms with van der Waals surface area (Å²) < 4.78 is 4.94. The van der Waals surface area contributed by atoms with Gasteiger partial charge in [0.05, 0.1) is 12.5 Å². The minimum absolute atomic E-state index is 0. The summed E-state index contributed by atoms with van der Waals surface area (Å²) in [5, 5.41) is 0. The average Bonchev–Trinajstić information content (AvgIpc) is 2.07. The molecule has 1 aliphatic carbocycles. The van der Waals surface area contributed by atoms with E-state index in [-0.39, 0.29) is 30.4 Å². The third-order valence-corrected chi connectivity index (χ3v) is 2.23. The Morgan fingerprint density at radius 1 is 1.31 bits per heavy atom. The second-order valence-electron chi connectivity index (χ2n) is 3.09. The van der Waals surface area contributed by atoms with Gasteiger partial charge in [0.2, 0.25) is 0 Å². The summed E-state index contributed by atoms with van der Waals surface area (Å²) in [6.45, 7) is 2.38. The van der Waals surface area contributed by atoms with E-state index in [0.29, 0.717) is 6.61 Å². The average molecular weight is 210 g/mol. The summed E-state index contributed by atoms with van der Waals surface area (Å²) in [7, 11) is 0. The Morgan fingerprint density at radius 3 is 2.31 bits per heavy atom. The van der Waals surface area contributed by atoms with E-state index in [0.717, 1.165) is 12.8 Å². The Morgan fingerprint density at radius 2 is 1.85 bits per heavy atom. The lowest BCUT2D eigenvalue weighted by atomic mass is 9.89. The number of rotatable bonds is 2. The van der Waals surface area contributed by atoms with Crippen LogP contribution in [0.3, 0.4) is 0 Å². The third kappa shape index (κ3) is 5.11. The molecule has 0 unspecified atom stereocenters. The maximum atomic E-state index is 11.2. The minimum Gasteiger partial charge on any atom is -0.466 e. The van der Waals surface area contributed by atoms with Gasteiger partial charge in [0, 0.05) is 0 Å². The zero-order chi connectivity index (χ0) is 8.10. The van der Waals surface area contributed by atoms with Gasteiger partial charge in [-0.3, -0.25) is 4.79 Å². The lowest BCUT2D eigenvalue weighted by molar-refractivity contribution is -0.149. The standard InChI is InChI=1S/C9H16O2.ClH.H3N/c1-2-11-9(10)8-6-4-3-5-7-8;;/h8H,2-7H2,1H3;1H;1H3. The van der Waals surface area contributed by atoms with Crippen LogP contribution in [0.25, 0.3) is 0 Å². The van der Waals surface area contributed by atoms with Crippen molar-refractivity contribution < 1.29 is 9.53 Å². The molecule has 1 rings (SSSR count). The quantitative estimate of drug-likeness (QED) is 0.712. The van der Waals surface area contributed by atoms with Crippen molar-refractivity contribution in [1.29, 1.82) is 0 Å². The molecule has 0 aromatic heterocycles. The smallest absolute Gasteiger partial charge is 0.308 e. The van der Waals surface area contributed by atoms with Crippen molar-refractivity contribution in [3.05, 3.63) is 0 Å². The van der Waals surface area contributed by atoms with E-state index >= 15 is 0 Å². The first-order valence-corrected chi connectivity index (χ1v) is 4.51. The second kappa shape index (κ2) is 8.32. The number of esters is 1. The van der Waals surface area contributed by atoms with Crippen LogP contribution in [0, 0.1) is 5.92 Å². The SMILES string of the molecule is CCOC(=O)C1CCCCC1.Cl.N. The number of carbonyl (C=O) groups excluding carboxylic acids is 1. The molecule has 3 nitrogen and oxygen atoms in total. The van der Waals surface area contributed by atoms with E-state index < -0.39 is 0 Å². The molecule has 0 aromatic carbocycles. The van der Waals surface area contributed by atoms with E-state index in [1.54, 1.807) is 0 Å². The predicted molar refractivity (Wildman–Crippen MR) is 55.5 cm³/mol. The number of halogens is 1. The van der Waals surface area contributed by atoms with Gasteiger partial charge in [0.25, 0.3) is 0 Å². The Balaban J connectivity index is 0. The highest BCUT2D eigenvalue weighted by Crippen LogP contribution is 2.24. The number of carbonyl (C=O) groups is 1. The van der Waals surface area contributed by atoms with Crippen LogP contribution < -0.4 is 6.15 Å². The minimum atomic E-state index is 0. The second-order valence-corrected chi connectivity index (χ2v) is 3.09. The van der Waals surface area contributed by atoms with Gasteiger partial charge in [-0.1, -0.05) is 19.3 Å². The summed E-state index contributed by atoms with van der Waals surface area (Å²) >= 11 is 0. The fourth-order valence-corrected chi connectivity index (χ4v) is 1.60. The highest BCUT2D eigenvalue weighted by molar-refractivity contribution is 5.85. The highest BCUT2D eigenvalue weighted by atomic mass is 35.5. The molecule has 0 aliphatic heterocycles. The van der Waals surface area contributed by atoms with E-state index in [1.165, 1.54) is 19.3 Å². The van der Waals surface area contributed by atoms with Crippen molar-refractivity contribution in [1.82, 2.24) is 6.15 Å². The molecule has 0 radical (unpaired) electrons. The molecule has 0 spiro atoms. The molecular formula is C9H20ClNO2. The van der Waals surface area contributed by atoms with Gasteiger partial charge in [-0.25, -0.2) is 0 Å². The van der Waals surface area contributed by atoms with Crippen molar-refractivity contribution in [2.45, 2.75) is 39.0 Å². The summed E-state index contributed by atoms with van der Waals surface area (Å²) in [6, 6.07) is 0. The first-order valence-electron chi connectivity index (χ1n) is 4.51. The molecule has 80 valence electrons. The van der Waals surface area contributed by atoms with E-state index in [2.05, 4.69) is 0 Å². The molecule has 0 aromatic rings. The van der Waals surface area contributed by atoms with Crippen molar-refractivity contribution in [3.63, 3.8) is 0 Å². The van der Waals surface area contributed by atoms with Crippen LogP contribution >= 0.6 is 12.4 Å². The van der Waals surface area contributed by atoms with E-state index in [4.69, 9.17) is 4.74 Å². The van der Waals surface area contributed by atoms with Gasteiger partial charge >= 0.3 is 5.97 Å². The van der Waals surface area contributed by atoms with E-state index in [9.17, 15) is 4.79 Å². The van der Waals surface area contributed by atoms with Crippen LogP contribution in [0.4, 0.5) is 0 Å². The molecule has 1 saturated carbocycles. The van der Waals surface area contributed by atoms with Crippen LogP contribution in [0.5, 0.6) is 0 Å². The maximum absolute atomic E-state index is 11.2. The molecule has 0 heterocycles. The summed E-state index contributed by atoms with van der Waals surface area (Å²) in [5.74, 6) is 0.232. The van der Waals surface area contributed by atoms with Crippen LogP contribution in [-0.4, -0.2) is 12.6 Å². The zero-order valence-corrected chi connectivity index (χ0v) is 9.07. The number of hydrogen-bond donors (Lipinski definition) is 1. The highest BCUT2D eigenvalue weighted by Gasteiger charge is 2.21. The summed E-state index contributed by atoms with van der Waals surface area (Å²) in [5.41, 5.74) is 0. The fraction of sp³-hybridized carbons (Fsp3) is 0.889. The van der Waals surface area contributed by atoms with Gasteiger partial charge in [-0.05, 0) is 19.8 Å². The first kappa shape index (κ1) is 15.2. The molecule has 0 amide bonds. The van der Waals surface area contributed by atoms with Gasteiger partial charge in [-0.2, -0.15) is 0 Å². The molecular weight excluding hydrogens is 190 g/mol. The normalized spacial score (nSPS) is 16.7. The Bertz CT molecular complexity index is 136. The topological polar surface area (TPSA) is 61.3 Å². The summed E-state index contributed by atoms with van der Waals surface area (Å²) in [6.07, 6.45) is 5.76. The number of hydrogen-bond acceptors (Lipinski definition) is 3. The van der Waals surface area contributed by atoms with Crippen molar-refractivity contribution in [2.24, 2.45) is 5.92 Å². The largest absolute Gasteiger partial charge is 0.466 e. The lowest BCUT2D eigenvalue weighted by Gasteiger charge is -2.19. The van der Waals surface area contributed by atoms with Gasteiger partial charge in [0.15, 0.2) is 0 Å². The third-order valence-electron chi connectivity index (χ3n) is 2.23. The Kier molecular flexibility index (Phi) is 9.74. The van der Waals surface area contributed by atoms with Crippen molar-refractivity contribution in [2.75, 3.05) is 6.61 Å². The molecule has 3 N–H and O–H groups in total. The van der Waals surface area contributed by atoms with Crippen molar-refractivity contribution in [3.8, 4) is 0 Å². The number of ether oxygens (including phenoxy) is 1.